The summed E-state index contributed by atoms with van der Waals surface area (Å²) >= 11 is 0. The second kappa shape index (κ2) is 7.14. The van der Waals surface area contributed by atoms with Crippen molar-refractivity contribution in [3.05, 3.63) is 34.9 Å². The van der Waals surface area contributed by atoms with E-state index >= 15 is 0 Å². The van der Waals surface area contributed by atoms with Gasteiger partial charge < -0.3 is 14.9 Å². The molecule has 5 rings (SSSR count). The highest BCUT2D eigenvalue weighted by Gasteiger charge is 2.73. The van der Waals surface area contributed by atoms with Crippen LogP contribution in [0.3, 0.4) is 0 Å². The molecule has 33 heavy (non-hydrogen) atoms. The van der Waals surface area contributed by atoms with E-state index in [1.54, 1.807) is 13.0 Å². The highest BCUT2D eigenvalue weighted by Crippen LogP contribution is 2.69. The number of carbonyl (C=O) groups is 2. The number of esters is 1. The summed E-state index contributed by atoms with van der Waals surface area (Å²) in [5.41, 5.74) is -0.641. The third kappa shape index (κ3) is 2.72. The molecule has 1 aliphatic heterocycles. The van der Waals surface area contributed by atoms with Gasteiger partial charge in [0.2, 0.25) is 0 Å². The van der Waals surface area contributed by atoms with Gasteiger partial charge in [0.1, 0.15) is 6.10 Å². The van der Waals surface area contributed by atoms with Crippen molar-refractivity contribution in [3.8, 4) is 0 Å². The number of carbonyl (C=O) groups excluding carboxylic acids is 2. The average Bonchev–Trinajstić information content (AvgIpc) is 3.00. The van der Waals surface area contributed by atoms with Gasteiger partial charge in [-0.2, -0.15) is 0 Å². The first-order valence-corrected chi connectivity index (χ1v) is 12.6. The second-order valence-corrected chi connectivity index (χ2v) is 11.9. The van der Waals surface area contributed by atoms with E-state index in [-0.39, 0.29) is 29.5 Å². The number of hydrogen-bond donors (Lipinski definition) is 2. The van der Waals surface area contributed by atoms with Crippen LogP contribution < -0.4 is 0 Å². The molecule has 180 valence electrons. The maximum atomic E-state index is 13.1. The molecule has 0 radical (unpaired) electrons. The molecule has 0 amide bonds. The fourth-order valence-corrected chi connectivity index (χ4v) is 8.40. The van der Waals surface area contributed by atoms with E-state index in [1.165, 1.54) is 5.57 Å². The monoisotopic (exact) mass is 454 g/mol. The highest BCUT2D eigenvalue weighted by molar-refractivity contribution is 5.98. The lowest BCUT2D eigenvalue weighted by molar-refractivity contribution is -0.233. The number of allylic oxidation sites excluding steroid dienone is 4. The summed E-state index contributed by atoms with van der Waals surface area (Å²) in [5, 5.41) is 24.6. The standard InChI is InChI=1S/C28H38O5/c1-16-15-22(33-24(30)17(16)2)18(3)27(31)13-14-28(32)21-10-9-19-7-6-8-23(29)26(19,5)20(21)11-12-25(27,28)4/h6,8-9,18,20-22,31-32H,7,10-15H2,1-5H3/t18-,20-,21-,22+,25-,26+,27-,28-/m1/s1. The Bertz CT molecular complexity index is 1010. The van der Waals surface area contributed by atoms with Crippen molar-refractivity contribution in [1.82, 2.24) is 0 Å². The smallest absolute Gasteiger partial charge is 0.333 e. The minimum absolute atomic E-state index is 0.0699. The van der Waals surface area contributed by atoms with Gasteiger partial charge in [0, 0.05) is 23.3 Å². The molecule has 0 spiro atoms. The van der Waals surface area contributed by atoms with Gasteiger partial charge in [0.05, 0.1) is 16.6 Å². The first kappa shape index (κ1) is 23.0. The van der Waals surface area contributed by atoms with E-state index in [4.69, 9.17) is 4.74 Å². The molecule has 0 unspecified atom stereocenters. The molecule has 0 aromatic heterocycles. The van der Waals surface area contributed by atoms with Crippen LogP contribution in [0.15, 0.2) is 34.9 Å². The molecular weight excluding hydrogens is 416 g/mol. The van der Waals surface area contributed by atoms with Crippen molar-refractivity contribution in [2.75, 3.05) is 0 Å². The van der Waals surface area contributed by atoms with Crippen molar-refractivity contribution < 1.29 is 24.5 Å². The fraction of sp³-hybridized carbons (Fsp3) is 0.714. The number of ketones is 1. The Labute approximate surface area is 197 Å². The second-order valence-electron chi connectivity index (χ2n) is 11.9. The van der Waals surface area contributed by atoms with Crippen LogP contribution in [0.25, 0.3) is 0 Å². The Kier molecular flexibility index (Phi) is 4.99. The molecule has 2 N–H and O–H groups in total. The number of aliphatic hydroxyl groups is 2. The summed E-state index contributed by atoms with van der Waals surface area (Å²) in [6.07, 6.45) is 10.1. The van der Waals surface area contributed by atoms with Gasteiger partial charge >= 0.3 is 5.97 Å². The Morgan fingerprint density at radius 3 is 2.52 bits per heavy atom. The van der Waals surface area contributed by atoms with Crippen LogP contribution in [0.2, 0.25) is 0 Å². The molecule has 5 nitrogen and oxygen atoms in total. The number of rotatable bonds is 2. The van der Waals surface area contributed by atoms with E-state index in [1.807, 2.05) is 26.8 Å². The van der Waals surface area contributed by atoms with Crippen LogP contribution in [0.5, 0.6) is 0 Å². The molecule has 0 bridgehead atoms. The number of hydrogen-bond acceptors (Lipinski definition) is 5. The van der Waals surface area contributed by atoms with Gasteiger partial charge in [-0.1, -0.05) is 37.1 Å². The summed E-state index contributed by atoms with van der Waals surface area (Å²) in [6, 6.07) is 0. The summed E-state index contributed by atoms with van der Waals surface area (Å²) < 4.78 is 5.77. The van der Waals surface area contributed by atoms with Gasteiger partial charge in [-0.25, -0.2) is 4.79 Å². The van der Waals surface area contributed by atoms with E-state index in [2.05, 4.69) is 13.0 Å². The highest BCUT2D eigenvalue weighted by atomic mass is 16.5. The lowest BCUT2D eigenvalue weighted by Gasteiger charge is -2.62. The van der Waals surface area contributed by atoms with Gasteiger partial charge in [0.15, 0.2) is 5.78 Å². The molecule has 4 aliphatic carbocycles. The van der Waals surface area contributed by atoms with Crippen LogP contribution in [-0.4, -0.2) is 39.3 Å². The van der Waals surface area contributed by atoms with E-state index in [9.17, 15) is 19.8 Å². The Balaban J connectivity index is 1.50. The largest absolute Gasteiger partial charge is 0.458 e. The third-order valence-electron chi connectivity index (χ3n) is 11.0. The number of cyclic esters (lactones) is 1. The normalized spacial score (nSPS) is 48.0. The average molecular weight is 455 g/mol. The first-order chi connectivity index (χ1) is 15.4. The van der Waals surface area contributed by atoms with Gasteiger partial charge in [-0.05, 0) is 77.2 Å². The molecule has 0 saturated heterocycles. The fourth-order valence-electron chi connectivity index (χ4n) is 8.40. The van der Waals surface area contributed by atoms with Crippen molar-refractivity contribution in [2.24, 2.45) is 28.6 Å². The van der Waals surface area contributed by atoms with E-state index in [0.29, 0.717) is 31.3 Å². The third-order valence-corrected chi connectivity index (χ3v) is 11.0. The zero-order chi connectivity index (χ0) is 24.0. The lowest BCUT2D eigenvalue weighted by atomic mass is 9.45. The number of fused-ring (bicyclic) bond motifs is 5. The molecule has 0 aromatic carbocycles. The number of ether oxygens (including phenoxy) is 1. The summed E-state index contributed by atoms with van der Waals surface area (Å²) in [7, 11) is 0. The molecule has 5 aliphatic rings. The van der Waals surface area contributed by atoms with Crippen LogP contribution in [0.4, 0.5) is 0 Å². The quantitative estimate of drug-likeness (QED) is 0.476. The van der Waals surface area contributed by atoms with Gasteiger partial charge in [0.25, 0.3) is 0 Å². The van der Waals surface area contributed by atoms with Crippen LogP contribution in [0, 0.1) is 28.6 Å². The van der Waals surface area contributed by atoms with E-state index < -0.39 is 28.1 Å². The maximum absolute atomic E-state index is 13.1. The predicted octanol–water partition coefficient (Wildman–Crippen LogP) is 4.43. The van der Waals surface area contributed by atoms with Gasteiger partial charge in [-0.3, -0.25) is 4.79 Å². The molecule has 1 heterocycles. The zero-order valence-electron chi connectivity index (χ0n) is 20.6. The Hall–Kier alpha value is -1.72. The van der Waals surface area contributed by atoms with Crippen molar-refractivity contribution >= 4 is 11.8 Å². The van der Waals surface area contributed by atoms with Crippen LogP contribution in [-0.2, 0) is 14.3 Å². The zero-order valence-corrected chi connectivity index (χ0v) is 20.6. The van der Waals surface area contributed by atoms with E-state index in [0.717, 1.165) is 24.8 Å². The molecule has 2 fully saturated rings. The van der Waals surface area contributed by atoms with Crippen molar-refractivity contribution in [3.63, 3.8) is 0 Å². The Morgan fingerprint density at radius 1 is 1.09 bits per heavy atom. The SMILES string of the molecule is CC1=C(C)C(=O)O[C@H]([C@@H](C)[C@]2(O)CC[C@@]3(O)[C@@H]4CC=C5CC=CC(=O)[C@]5(C)[C@@H]4CC[C@]23C)C1. The summed E-state index contributed by atoms with van der Waals surface area (Å²) in [4.78, 5) is 25.5. The Morgan fingerprint density at radius 2 is 1.82 bits per heavy atom. The topological polar surface area (TPSA) is 83.8 Å². The molecular formula is C28H38O5. The van der Waals surface area contributed by atoms with Crippen LogP contribution >= 0.6 is 0 Å². The minimum atomic E-state index is -1.15. The van der Waals surface area contributed by atoms with Crippen LogP contribution in [0.1, 0.15) is 79.6 Å². The summed E-state index contributed by atoms with van der Waals surface area (Å²) in [6.45, 7) is 9.83. The minimum Gasteiger partial charge on any atom is -0.458 e. The lowest BCUT2D eigenvalue weighted by Crippen LogP contribution is -2.66. The van der Waals surface area contributed by atoms with Crippen molar-refractivity contribution in [1.29, 1.82) is 0 Å². The molecule has 2 saturated carbocycles. The predicted molar refractivity (Wildman–Crippen MR) is 125 cm³/mol. The molecule has 5 heteroatoms. The molecule has 8 atom stereocenters. The van der Waals surface area contributed by atoms with Crippen molar-refractivity contribution in [2.45, 2.75) is 96.9 Å². The summed E-state index contributed by atoms with van der Waals surface area (Å²) in [5.74, 6) is -0.451. The van der Waals surface area contributed by atoms with Gasteiger partial charge in [-0.15, -0.1) is 0 Å². The maximum Gasteiger partial charge on any atom is 0.333 e. The molecule has 0 aromatic rings. The first-order valence-electron chi connectivity index (χ1n) is 12.6.